The van der Waals surface area contributed by atoms with Crippen molar-refractivity contribution in [1.82, 2.24) is 0 Å². The van der Waals surface area contributed by atoms with Gasteiger partial charge in [-0.2, -0.15) is 0 Å². The van der Waals surface area contributed by atoms with E-state index in [1.54, 1.807) is 19.1 Å². The summed E-state index contributed by atoms with van der Waals surface area (Å²) in [5.41, 5.74) is 1.29. The molecule has 4 atom stereocenters. The number of aryl methyl sites for hydroxylation is 1. The van der Waals surface area contributed by atoms with Gasteiger partial charge in [0.15, 0.2) is 5.78 Å². The average Bonchev–Trinajstić information content (AvgIpc) is 2.80. The number of ketones is 1. The summed E-state index contributed by atoms with van der Waals surface area (Å²) in [6.45, 7) is 1.73. The molecule has 94 valence electrons. The van der Waals surface area contributed by atoms with Gasteiger partial charge in [-0.1, -0.05) is 0 Å². The lowest BCUT2D eigenvalue weighted by Crippen LogP contribution is -2.10. The molecule has 0 amide bonds. The summed E-state index contributed by atoms with van der Waals surface area (Å²) >= 11 is 0. The van der Waals surface area contributed by atoms with E-state index in [-0.39, 0.29) is 17.5 Å². The van der Waals surface area contributed by atoms with E-state index < -0.39 is 0 Å². The fourth-order valence-electron chi connectivity index (χ4n) is 4.67. The molecule has 2 heteroatoms. The minimum atomic E-state index is -0.220. The Morgan fingerprint density at radius 1 is 1.22 bits per heavy atom. The van der Waals surface area contributed by atoms with Crippen LogP contribution in [0.1, 0.15) is 35.2 Å². The molecule has 3 aliphatic rings. The Morgan fingerprint density at radius 2 is 1.89 bits per heavy atom. The number of fused-ring (bicyclic) bond motifs is 5. The van der Waals surface area contributed by atoms with Crippen molar-refractivity contribution >= 4 is 5.78 Å². The van der Waals surface area contributed by atoms with E-state index >= 15 is 0 Å². The first-order valence-electron chi connectivity index (χ1n) is 6.97. The normalized spacial score (nSPS) is 39.8. The van der Waals surface area contributed by atoms with Gasteiger partial charge in [0.2, 0.25) is 0 Å². The van der Waals surface area contributed by atoms with Crippen LogP contribution in [0.5, 0.6) is 0 Å². The summed E-state index contributed by atoms with van der Waals surface area (Å²) in [5.74, 6) is 3.28. The predicted molar refractivity (Wildman–Crippen MR) is 66.8 cm³/mol. The van der Waals surface area contributed by atoms with E-state index in [0.29, 0.717) is 23.0 Å². The Hall–Kier alpha value is -1.18. The van der Waals surface area contributed by atoms with Crippen molar-refractivity contribution < 1.29 is 9.18 Å². The molecule has 3 fully saturated rings. The van der Waals surface area contributed by atoms with Crippen molar-refractivity contribution in [3.63, 3.8) is 0 Å². The third-order valence-corrected chi connectivity index (χ3v) is 5.48. The van der Waals surface area contributed by atoms with E-state index in [0.717, 1.165) is 11.8 Å². The van der Waals surface area contributed by atoms with E-state index in [1.165, 1.54) is 25.3 Å². The van der Waals surface area contributed by atoms with E-state index in [9.17, 15) is 9.18 Å². The predicted octanol–water partition coefficient (Wildman–Crippen LogP) is 3.61. The molecule has 4 rings (SSSR count). The standard InChI is InChI=1S/C16H17FO/c1-8-6-11(4-5-12(8)17)16(18)15-13-9-2-3-10(7-9)14(13)15/h4-6,9-10,13-15H,2-3,7H2,1H3. The third-order valence-electron chi connectivity index (χ3n) is 5.48. The molecule has 0 spiro atoms. The largest absolute Gasteiger partial charge is 0.294 e. The minimum Gasteiger partial charge on any atom is -0.294 e. The molecule has 0 N–H and O–H groups in total. The fourth-order valence-corrected chi connectivity index (χ4v) is 4.67. The van der Waals surface area contributed by atoms with E-state index in [1.807, 2.05) is 0 Å². The maximum Gasteiger partial charge on any atom is 0.166 e. The first kappa shape index (κ1) is 10.7. The fraction of sp³-hybridized carbons (Fsp3) is 0.562. The lowest BCUT2D eigenvalue weighted by Gasteiger charge is -2.08. The van der Waals surface area contributed by atoms with Crippen LogP contribution in [0.2, 0.25) is 0 Å². The first-order chi connectivity index (χ1) is 8.66. The van der Waals surface area contributed by atoms with Gasteiger partial charge in [-0.05, 0) is 73.6 Å². The molecule has 18 heavy (non-hydrogen) atoms. The van der Waals surface area contributed by atoms with Gasteiger partial charge in [0.1, 0.15) is 5.82 Å². The van der Waals surface area contributed by atoms with Crippen molar-refractivity contribution in [3.8, 4) is 0 Å². The molecule has 3 aliphatic carbocycles. The van der Waals surface area contributed by atoms with Crippen LogP contribution in [0.4, 0.5) is 4.39 Å². The molecular weight excluding hydrogens is 227 g/mol. The number of hydrogen-bond donors (Lipinski definition) is 0. The highest BCUT2D eigenvalue weighted by Gasteiger charge is 2.67. The maximum atomic E-state index is 13.2. The van der Waals surface area contributed by atoms with Crippen molar-refractivity contribution in [2.45, 2.75) is 26.2 Å². The number of hydrogen-bond acceptors (Lipinski definition) is 1. The summed E-state index contributed by atoms with van der Waals surface area (Å²) in [5, 5.41) is 0. The molecule has 4 unspecified atom stereocenters. The van der Waals surface area contributed by atoms with Crippen molar-refractivity contribution in [3.05, 3.63) is 35.1 Å². The molecule has 1 nitrogen and oxygen atoms in total. The SMILES string of the molecule is Cc1cc(C(=O)C2C3C4CCC(C4)C23)ccc1F. The van der Waals surface area contributed by atoms with Crippen molar-refractivity contribution in [2.24, 2.45) is 29.6 Å². The van der Waals surface area contributed by atoms with Crippen LogP contribution < -0.4 is 0 Å². The van der Waals surface area contributed by atoms with Crippen LogP contribution in [0.3, 0.4) is 0 Å². The molecule has 0 aromatic heterocycles. The van der Waals surface area contributed by atoms with Gasteiger partial charge in [0, 0.05) is 11.5 Å². The molecule has 2 bridgehead atoms. The monoisotopic (exact) mass is 244 g/mol. The zero-order chi connectivity index (χ0) is 12.4. The average molecular weight is 244 g/mol. The number of Topliss-reactive ketones (excluding diaryl/α,β-unsaturated/α-hetero) is 1. The molecular formula is C16H17FO. The quantitative estimate of drug-likeness (QED) is 0.726. The van der Waals surface area contributed by atoms with Crippen LogP contribution in [0.15, 0.2) is 18.2 Å². The lowest BCUT2D eigenvalue weighted by atomic mass is 9.95. The molecule has 0 saturated heterocycles. The summed E-state index contributed by atoms with van der Waals surface area (Å²) in [6.07, 6.45) is 4.03. The molecule has 0 aliphatic heterocycles. The second kappa shape index (κ2) is 3.43. The Balaban J connectivity index is 1.60. The van der Waals surface area contributed by atoms with Gasteiger partial charge in [-0.15, -0.1) is 0 Å². The van der Waals surface area contributed by atoms with Gasteiger partial charge in [-0.3, -0.25) is 4.79 Å². The Bertz CT molecular complexity index is 520. The van der Waals surface area contributed by atoms with Gasteiger partial charge in [0.05, 0.1) is 0 Å². The molecule has 3 saturated carbocycles. The number of rotatable bonds is 2. The summed E-state index contributed by atoms with van der Waals surface area (Å²) in [7, 11) is 0. The second-order valence-electron chi connectivity index (χ2n) is 6.34. The van der Waals surface area contributed by atoms with E-state index in [2.05, 4.69) is 0 Å². The van der Waals surface area contributed by atoms with Gasteiger partial charge in [0.25, 0.3) is 0 Å². The number of carbonyl (C=O) groups is 1. The van der Waals surface area contributed by atoms with Gasteiger partial charge in [-0.25, -0.2) is 4.39 Å². The van der Waals surface area contributed by atoms with Crippen LogP contribution in [-0.4, -0.2) is 5.78 Å². The number of carbonyl (C=O) groups excluding carboxylic acids is 1. The van der Waals surface area contributed by atoms with Crippen LogP contribution in [0.25, 0.3) is 0 Å². The topological polar surface area (TPSA) is 17.1 Å². The minimum absolute atomic E-state index is 0.220. The Morgan fingerprint density at radius 3 is 2.50 bits per heavy atom. The third kappa shape index (κ3) is 1.29. The zero-order valence-electron chi connectivity index (χ0n) is 10.5. The Kier molecular flexibility index (Phi) is 2.04. The lowest BCUT2D eigenvalue weighted by molar-refractivity contribution is 0.0944. The zero-order valence-corrected chi connectivity index (χ0v) is 10.5. The van der Waals surface area contributed by atoms with Crippen molar-refractivity contribution in [1.29, 1.82) is 0 Å². The smallest absolute Gasteiger partial charge is 0.166 e. The summed E-state index contributed by atoms with van der Waals surface area (Å²) in [6, 6.07) is 4.80. The van der Waals surface area contributed by atoms with Crippen LogP contribution in [-0.2, 0) is 0 Å². The summed E-state index contributed by atoms with van der Waals surface area (Å²) < 4.78 is 13.2. The molecule has 1 aromatic carbocycles. The highest BCUT2D eigenvalue weighted by Crippen LogP contribution is 2.69. The number of benzene rings is 1. The molecule has 0 radical (unpaired) electrons. The molecule has 1 aromatic rings. The Labute approximate surface area is 106 Å². The maximum absolute atomic E-state index is 13.2. The first-order valence-corrected chi connectivity index (χ1v) is 6.97. The highest BCUT2D eigenvalue weighted by atomic mass is 19.1. The molecule has 0 heterocycles. The van der Waals surface area contributed by atoms with Gasteiger partial charge >= 0.3 is 0 Å². The van der Waals surface area contributed by atoms with Crippen LogP contribution >= 0.6 is 0 Å². The van der Waals surface area contributed by atoms with Crippen LogP contribution in [0, 0.1) is 42.3 Å². The highest BCUT2D eigenvalue weighted by molar-refractivity contribution is 6.00. The van der Waals surface area contributed by atoms with E-state index in [4.69, 9.17) is 0 Å². The number of halogens is 1. The summed E-state index contributed by atoms with van der Waals surface area (Å²) in [4.78, 5) is 12.5. The second-order valence-corrected chi connectivity index (χ2v) is 6.34. The van der Waals surface area contributed by atoms with Crippen molar-refractivity contribution in [2.75, 3.05) is 0 Å². The van der Waals surface area contributed by atoms with Gasteiger partial charge < -0.3 is 0 Å².